The summed E-state index contributed by atoms with van der Waals surface area (Å²) in [5, 5.41) is 1.19. The van der Waals surface area contributed by atoms with Gasteiger partial charge in [-0.1, -0.05) is 34.1 Å². The number of benzene rings is 2. The zero-order valence-corrected chi connectivity index (χ0v) is 19.5. The molecule has 2 saturated heterocycles. The third kappa shape index (κ3) is 5.01. The Morgan fingerprint density at radius 2 is 1.91 bits per heavy atom. The number of nitrogens with zero attached hydrogens (tertiary/aromatic N) is 2. The van der Waals surface area contributed by atoms with Gasteiger partial charge in [0.25, 0.3) is 17.7 Å². The van der Waals surface area contributed by atoms with Crippen molar-refractivity contribution in [1.29, 1.82) is 0 Å². The first-order valence-electron chi connectivity index (χ1n) is 10.3. The molecule has 2 fully saturated rings. The van der Waals surface area contributed by atoms with Crippen LogP contribution in [0.25, 0.3) is 6.08 Å². The summed E-state index contributed by atoms with van der Waals surface area (Å²) in [6.07, 6.45) is 1.43. The normalized spacial score (nSPS) is 17.3. The van der Waals surface area contributed by atoms with E-state index in [-0.39, 0.29) is 23.8 Å². The molecule has 33 heavy (non-hydrogen) atoms. The van der Waals surface area contributed by atoms with Gasteiger partial charge in [0.2, 0.25) is 0 Å². The summed E-state index contributed by atoms with van der Waals surface area (Å²) in [5.41, 5.74) is 3.46. The summed E-state index contributed by atoms with van der Waals surface area (Å²) in [7, 11) is 1.47. The van der Waals surface area contributed by atoms with Gasteiger partial charge in [0.15, 0.2) is 18.1 Å². The third-order valence-corrected chi connectivity index (χ3v) is 5.64. The van der Waals surface area contributed by atoms with E-state index in [0.29, 0.717) is 47.8 Å². The van der Waals surface area contributed by atoms with Gasteiger partial charge in [-0.05, 0) is 30.3 Å². The lowest BCUT2D eigenvalue weighted by atomic mass is 10.1. The van der Waals surface area contributed by atoms with E-state index in [1.807, 2.05) is 6.07 Å². The minimum absolute atomic E-state index is 0.0663. The Labute approximate surface area is 199 Å². The Kier molecular flexibility index (Phi) is 6.95. The number of anilines is 1. The molecule has 2 heterocycles. The predicted octanol–water partition coefficient (Wildman–Crippen LogP) is 2.16. The van der Waals surface area contributed by atoms with E-state index in [0.717, 1.165) is 0 Å². The fourth-order valence-electron chi connectivity index (χ4n) is 3.51. The number of methoxy groups -OCH3 is 1. The Hall–Kier alpha value is -3.37. The summed E-state index contributed by atoms with van der Waals surface area (Å²) in [5.74, 6) is -0.615. The molecule has 172 valence electrons. The number of ether oxygens (including phenoxy) is 3. The van der Waals surface area contributed by atoms with Crippen LogP contribution in [0.1, 0.15) is 5.56 Å². The van der Waals surface area contributed by atoms with E-state index in [1.54, 1.807) is 41.3 Å². The van der Waals surface area contributed by atoms with Crippen molar-refractivity contribution in [2.75, 3.05) is 45.0 Å². The molecule has 0 aliphatic carbocycles. The second kappa shape index (κ2) is 10.1. The Morgan fingerprint density at radius 3 is 2.61 bits per heavy atom. The molecule has 0 radical (unpaired) electrons. The van der Waals surface area contributed by atoms with Gasteiger partial charge in [-0.15, -0.1) is 0 Å². The van der Waals surface area contributed by atoms with E-state index in [2.05, 4.69) is 21.4 Å². The average Bonchev–Trinajstić information content (AvgIpc) is 3.12. The highest BCUT2D eigenvalue weighted by Crippen LogP contribution is 2.37. The average molecular weight is 516 g/mol. The Morgan fingerprint density at radius 1 is 1.18 bits per heavy atom. The van der Waals surface area contributed by atoms with Crippen LogP contribution in [0.3, 0.4) is 0 Å². The molecule has 2 aliphatic rings. The van der Waals surface area contributed by atoms with Gasteiger partial charge >= 0.3 is 0 Å². The second-order valence-electron chi connectivity index (χ2n) is 7.28. The Bertz CT molecular complexity index is 1100. The minimum Gasteiger partial charge on any atom is -0.493 e. The first kappa shape index (κ1) is 22.8. The summed E-state index contributed by atoms with van der Waals surface area (Å²) < 4.78 is 17.2. The molecule has 1 N–H and O–H groups in total. The van der Waals surface area contributed by atoms with E-state index >= 15 is 0 Å². The highest BCUT2D eigenvalue weighted by Gasteiger charge is 2.35. The zero-order chi connectivity index (χ0) is 23.4. The lowest BCUT2D eigenvalue weighted by Crippen LogP contribution is -2.43. The second-order valence-corrected chi connectivity index (χ2v) is 8.20. The lowest BCUT2D eigenvalue weighted by molar-refractivity contribution is -0.137. The van der Waals surface area contributed by atoms with E-state index in [4.69, 9.17) is 14.2 Å². The molecule has 0 aromatic heterocycles. The van der Waals surface area contributed by atoms with Crippen molar-refractivity contribution in [2.24, 2.45) is 0 Å². The Balaban J connectivity index is 1.62. The van der Waals surface area contributed by atoms with Gasteiger partial charge in [-0.3, -0.25) is 19.8 Å². The highest BCUT2D eigenvalue weighted by molar-refractivity contribution is 9.10. The number of morpholine rings is 1. The van der Waals surface area contributed by atoms with Crippen LogP contribution in [0.2, 0.25) is 0 Å². The number of para-hydroxylation sites is 1. The molecule has 4 rings (SSSR count). The van der Waals surface area contributed by atoms with E-state index < -0.39 is 11.8 Å². The number of amides is 3. The summed E-state index contributed by atoms with van der Waals surface area (Å²) in [6.45, 7) is 1.76. The van der Waals surface area contributed by atoms with Gasteiger partial charge in [-0.25, -0.2) is 5.01 Å². The largest absolute Gasteiger partial charge is 0.493 e. The van der Waals surface area contributed by atoms with Gasteiger partial charge in [0.05, 0.1) is 26.0 Å². The fraction of sp³-hybridized carbons (Fsp3) is 0.261. The third-order valence-electron chi connectivity index (χ3n) is 5.18. The number of hydrazine groups is 1. The maximum absolute atomic E-state index is 13.0. The number of rotatable bonds is 6. The quantitative estimate of drug-likeness (QED) is 0.467. The van der Waals surface area contributed by atoms with Crippen LogP contribution in [0.15, 0.2) is 52.5 Å². The van der Waals surface area contributed by atoms with Crippen molar-refractivity contribution < 1.29 is 28.6 Å². The predicted molar refractivity (Wildman–Crippen MR) is 124 cm³/mol. The van der Waals surface area contributed by atoms with Crippen LogP contribution in [-0.2, 0) is 19.1 Å². The number of hydrogen-bond acceptors (Lipinski definition) is 6. The molecule has 0 spiro atoms. The number of halogens is 1. The molecule has 0 unspecified atom stereocenters. The first-order chi connectivity index (χ1) is 16.0. The van der Waals surface area contributed by atoms with E-state index in [1.165, 1.54) is 18.2 Å². The molecule has 0 bridgehead atoms. The highest BCUT2D eigenvalue weighted by atomic mass is 79.9. The molecule has 2 aromatic carbocycles. The van der Waals surface area contributed by atoms with E-state index in [9.17, 15) is 14.4 Å². The van der Waals surface area contributed by atoms with Crippen molar-refractivity contribution in [3.05, 3.63) is 58.1 Å². The van der Waals surface area contributed by atoms with Crippen molar-refractivity contribution in [3.8, 4) is 11.5 Å². The van der Waals surface area contributed by atoms with Gasteiger partial charge in [-0.2, -0.15) is 0 Å². The summed E-state index contributed by atoms with van der Waals surface area (Å²) in [4.78, 5) is 39.8. The number of nitrogens with one attached hydrogen (secondary N) is 1. The molecule has 10 heteroatoms. The number of carbonyl (C=O) groups excluding carboxylic acids is 3. The van der Waals surface area contributed by atoms with Crippen molar-refractivity contribution in [1.82, 2.24) is 10.3 Å². The minimum atomic E-state index is -0.543. The van der Waals surface area contributed by atoms with Crippen LogP contribution in [0.4, 0.5) is 5.69 Å². The van der Waals surface area contributed by atoms with Crippen molar-refractivity contribution in [2.45, 2.75) is 0 Å². The zero-order valence-electron chi connectivity index (χ0n) is 17.9. The first-order valence-corrected chi connectivity index (χ1v) is 11.1. The molecule has 9 nitrogen and oxygen atoms in total. The standard InChI is InChI=1S/C23H22BrN3O6/c1-31-19-13-16(24)11-15(21(19)33-14-20(28)26-7-9-32-10-8-26)12-18-22(29)25-27(23(18)30)17-5-3-2-4-6-17/h2-6,11-13H,7-10,14H2,1H3,(H,25,29)/b18-12-. The molecule has 3 amide bonds. The van der Waals surface area contributed by atoms with Crippen molar-refractivity contribution >= 4 is 45.4 Å². The number of carbonyl (C=O) groups is 3. The topological polar surface area (TPSA) is 97.4 Å². The molecular weight excluding hydrogens is 494 g/mol. The molecular formula is C23H22BrN3O6. The maximum atomic E-state index is 13.0. The lowest BCUT2D eigenvalue weighted by Gasteiger charge is -2.27. The molecule has 2 aliphatic heterocycles. The smallest absolute Gasteiger partial charge is 0.282 e. The van der Waals surface area contributed by atoms with Crippen LogP contribution in [-0.4, -0.2) is 62.6 Å². The number of hydrogen-bond donors (Lipinski definition) is 1. The van der Waals surface area contributed by atoms with Gasteiger partial charge in [0.1, 0.15) is 5.57 Å². The molecule has 0 atom stereocenters. The summed E-state index contributed by atoms with van der Waals surface area (Å²) in [6, 6.07) is 12.2. The van der Waals surface area contributed by atoms with Crippen LogP contribution < -0.4 is 19.9 Å². The molecule has 0 saturated carbocycles. The van der Waals surface area contributed by atoms with Gasteiger partial charge < -0.3 is 19.1 Å². The summed E-state index contributed by atoms with van der Waals surface area (Å²) >= 11 is 3.41. The van der Waals surface area contributed by atoms with Crippen LogP contribution in [0, 0.1) is 0 Å². The van der Waals surface area contributed by atoms with Crippen molar-refractivity contribution in [3.63, 3.8) is 0 Å². The fourth-order valence-corrected chi connectivity index (χ4v) is 3.97. The SMILES string of the molecule is COc1cc(Br)cc(/C=C2/C(=O)NN(c3ccccc3)C2=O)c1OCC(=O)N1CCOCC1. The van der Waals surface area contributed by atoms with Crippen LogP contribution in [0.5, 0.6) is 11.5 Å². The van der Waals surface area contributed by atoms with Gasteiger partial charge in [0, 0.05) is 23.1 Å². The monoisotopic (exact) mass is 515 g/mol. The molecule has 2 aromatic rings. The van der Waals surface area contributed by atoms with Crippen LogP contribution >= 0.6 is 15.9 Å². The maximum Gasteiger partial charge on any atom is 0.282 e.